The lowest BCUT2D eigenvalue weighted by Gasteiger charge is -2.18. The Kier molecular flexibility index (Phi) is 4.39. The van der Waals surface area contributed by atoms with Crippen LogP contribution >= 0.6 is 0 Å². The molecule has 1 aromatic heterocycles. The quantitative estimate of drug-likeness (QED) is 0.895. The zero-order chi connectivity index (χ0) is 13.0. The van der Waals surface area contributed by atoms with E-state index in [1.54, 1.807) is 0 Å². The maximum atomic E-state index is 12.3. The van der Waals surface area contributed by atoms with E-state index in [0.717, 1.165) is 50.4 Å². The molecule has 0 bridgehead atoms. The van der Waals surface area contributed by atoms with E-state index in [0.29, 0.717) is 5.69 Å². The highest BCUT2D eigenvalue weighted by Gasteiger charge is 2.21. The molecule has 4 nitrogen and oxygen atoms in total. The molecule has 0 radical (unpaired) electrons. The topological polar surface area (TPSA) is 49.0 Å². The molecule has 1 amide bonds. The van der Waals surface area contributed by atoms with Gasteiger partial charge >= 0.3 is 0 Å². The van der Waals surface area contributed by atoms with E-state index in [2.05, 4.69) is 24.0 Å². The molecule has 0 saturated carbocycles. The molecule has 100 valence electrons. The van der Waals surface area contributed by atoms with Crippen molar-refractivity contribution in [2.75, 3.05) is 13.1 Å². The van der Waals surface area contributed by atoms with Crippen LogP contribution in [0, 0.1) is 5.92 Å². The molecule has 1 atom stereocenters. The first-order chi connectivity index (χ1) is 8.70. The summed E-state index contributed by atoms with van der Waals surface area (Å²) < 4.78 is 0. The highest BCUT2D eigenvalue weighted by molar-refractivity contribution is 5.92. The average Bonchev–Trinajstić information content (AvgIpc) is 2.71. The van der Waals surface area contributed by atoms with Crippen molar-refractivity contribution in [3.8, 4) is 0 Å². The smallest absolute Gasteiger partial charge is 0.274 e. The number of nitrogens with one attached hydrogen (secondary N) is 1. The van der Waals surface area contributed by atoms with Crippen LogP contribution in [0.5, 0.6) is 0 Å². The van der Waals surface area contributed by atoms with Gasteiger partial charge in [-0.25, -0.2) is 0 Å². The van der Waals surface area contributed by atoms with Gasteiger partial charge in [-0.3, -0.25) is 9.89 Å². The highest BCUT2D eigenvalue weighted by atomic mass is 16.2. The Morgan fingerprint density at radius 2 is 2.33 bits per heavy atom. The summed E-state index contributed by atoms with van der Waals surface area (Å²) in [4.78, 5) is 14.3. The molecule has 1 fully saturated rings. The summed E-state index contributed by atoms with van der Waals surface area (Å²) in [7, 11) is 0. The summed E-state index contributed by atoms with van der Waals surface area (Å²) in [5, 5.41) is 7.10. The third kappa shape index (κ3) is 3.12. The second-order valence-corrected chi connectivity index (χ2v) is 5.36. The second-order valence-electron chi connectivity index (χ2n) is 5.36. The van der Waals surface area contributed by atoms with Gasteiger partial charge in [0.25, 0.3) is 5.91 Å². The minimum Gasteiger partial charge on any atom is -0.337 e. The van der Waals surface area contributed by atoms with Gasteiger partial charge in [0.1, 0.15) is 5.69 Å². The van der Waals surface area contributed by atoms with Crippen LogP contribution in [0.3, 0.4) is 0 Å². The Labute approximate surface area is 109 Å². The SMILES string of the molecule is CCCc1cc(C(=O)N2CCC[C@H](C)CC2)n[nH]1. The van der Waals surface area contributed by atoms with Crippen molar-refractivity contribution in [2.45, 2.75) is 46.0 Å². The summed E-state index contributed by atoms with van der Waals surface area (Å²) in [6, 6.07) is 1.90. The van der Waals surface area contributed by atoms with E-state index in [1.165, 1.54) is 6.42 Å². The van der Waals surface area contributed by atoms with Crippen molar-refractivity contribution in [1.82, 2.24) is 15.1 Å². The Morgan fingerprint density at radius 1 is 1.50 bits per heavy atom. The fourth-order valence-electron chi connectivity index (χ4n) is 2.50. The number of hydrogen-bond acceptors (Lipinski definition) is 2. The number of carbonyl (C=O) groups is 1. The lowest BCUT2D eigenvalue weighted by molar-refractivity contribution is 0.0754. The van der Waals surface area contributed by atoms with E-state index in [-0.39, 0.29) is 5.91 Å². The van der Waals surface area contributed by atoms with Crippen molar-refractivity contribution < 1.29 is 4.79 Å². The van der Waals surface area contributed by atoms with Crippen molar-refractivity contribution in [3.05, 3.63) is 17.5 Å². The highest BCUT2D eigenvalue weighted by Crippen LogP contribution is 2.18. The fraction of sp³-hybridized carbons (Fsp3) is 0.714. The molecule has 0 aliphatic carbocycles. The number of aromatic nitrogens is 2. The normalized spacial score (nSPS) is 20.8. The van der Waals surface area contributed by atoms with Gasteiger partial charge in [0.2, 0.25) is 0 Å². The monoisotopic (exact) mass is 249 g/mol. The molecule has 1 aliphatic rings. The lowest BCUT2D eigenvalue weighted by Crippen LogP contribution is -2.32. The van der Waals surface area contributed by atoms with E-state index in [1.807, 2.05) is 11.0 Å². The third-order valence-electron chi connectivity index (χ3n) is 3.67. The average molecular weight is 249 g/mol. The van der Waals surface area contributed by atoms with Gasteiger partial charge in [-0.1, -0.05) is 20.3 Å². The molecule has 0 spiro atoms. The summed E-state index contributed by atoms with van der Waals surface area (Å²) >= 11 is 0. The van der Waals surface area contributed by atoms with Crippen LogP contribution in [0.1, 0.15) is 55.7 Å². The number of likely N-dealkylation sites (tertiary alicyclic amines) is 1. The Hall–Kier alpha value is -1.32. The molecule has 0 unspecified atom stereocenters. The Balaban J connectivity index is 2.00. The zero-order valence-corrected chi connectivity index (χ0v) is 11.4. The van der Waals surface area contributed by atoms with Crippen molar-refractivity contribution >= 4 is 5.91 Å². The van der Waals surface area contributed by atoms with Gasteiger partial charge in [0.05, 0.1) is 0 Å². The van der Waals surface area contributed by atoms with Gasteiger partial charge in [-0.15, -0.1) is 0 Å². The van der Waals surface area contributed by atoms with Crippen LogP contribution in [0.2, 0.25) is 0 Å². The number of aryl methyl sites for hydroxylation is 1. The van der Waals surface area contributed by atoms with E-state index < -0.39 is 0 Å². The van der Waals surface area contributed by atoms with Crippen molar-refractivity contribution in [3.63, 3.8) is 0 Å². The summed E-state index contributed by atoms with van der Waals surface area (Å²) in [6.45, 7) is 6.13. The predicted octanol–water partition coefficient (Wildman–Crippen LogP) is 2.62. The van der Waals surface area contributed by atoms with Crippen LogP contribution in [-0.2, 0) is 6.42 Å². The first-order valence-electron chi connectivity index (χ1n) is 7.04. The molecule has 1 N–H and O–H groups in total. The number of H-pyrrole nitrogens is 1. The van der Waals surface area contributed by atoms with Crippen LogP contribution in [0.15, 0.2) is 6.07 Å². The van der Waals surface area contributed by atoms with Crippen LogP contribution in [-0.4, -0.2) is 34.1 Å². The molecule has 1 aromatic rings. The first kappa shape index (κ1) is 13.1. The molecular weight excluding hydrogens is 226 g/mol. The maximum absolute atomic E-state index is 12.3. The number of rotatable bonds is 3. The fourth-order valence-corrected chi connectivity index (χ4v) is 2.50. The largest absolute Gasteiger partial charge is 0.337 e. The predicted molar refractivity (Wildman–Crippen MR) is 71.5 cm³/mol. The molecule has 2 rings (SSSR count). The van der Waals surface area contributed by atoms with E-state index >= 15 is 0 Å². The minimum atomic E-state index is 0.0858. The molecule has 1 aliphatic heterocycles. The Morgan fingerprint density at radius 3 is 3.11 bits per heavy atom. The van der Waals surface area contributed by atoms with Crippen LogP contribution in [0.25, 0.3) is 0 Å². The molecular formula is C14H23N3O. The van der Waals surface area contributed by atoms with Gasteiger partial charge in [0.15, 0.2) is 0 Å². The molecule has 4 heteroatoms. The van der Waals surface area contributed by atoms with Gasteiger partial charge in [0, 0.05) is 18.8 Å². The first-order valence-corrected chi connectivity index (χ1v) is 7.04. The molecule has 18 heavy (non-hydrogen) atoms. The maximum Gasteiger partial charge on any atom is 0.274 e. The third-order valence-corrected chi connectivity index (χ3v) is 3.67. The van der Waals surface area contributed by atoms with Gasteiger partial charge < -0.3 is 4.90 Å². The van der Waals surface area contributed by atoms with Crippen LogP contribution < -0.4 is 0 Å². The standard InChI is InChI=1S/C14H23N3O/c1-3-5-12-10-13(16-15-12)14(18)17-8-4-6-11(2)7-9-17/h10-11H,3-9H2,1-2H3,(H,15,16)/t11-/m0/s1. The second kappa shape index (κ2) is 6.03. The van der Waals surface area contributed by atoms with Crippen molar-refractivity contribution in [1.29, 1.82) is 0 Å². The summed E-state index contributed by atoms with van der Waals surface area (Å²) in [5.41, 5.74) is 1.64. The van der Waals surface area contributed by atoms with Crippen LogP contribution in [0.4, 0.5) is 0 Å². The molecule has 0 aromatic carbocycles. The number of amides is 1. The molecule has 1 saturated heterocycles. The summed E-state index contributed by atoms with van der Waals surface area (Å²) in [5.74, 6) is 0.820. The van der Waals surface area contributed by atoms with Gasteiger partial charge in [-0.2, -0.15) is 5.10 Å². The summed E-state index contributed by atoms with van der Waals surface area (Å²) in [6.07, 6.45) is 5.47. The number of hydrogen-bond donors (Lipinski definition) is 1. The molecule has 2 heterocycles. The van der Waals surface area contributed by atoms with Gasteiger partial charge in [-0.05, 0) is 37.7 Å². The minimum absolute atomic E-state index is 0.0858. The van der Waals surface area contributed by atoms with Crippen molar-refractivity contribution in [2.24, 2.45) is 5.92 Å². The van der Waals surface area contributed by atoms with E-state index in [9.17, 15) is 4.79 Å². The number of carbonyl (C=O) groups excluding carboxylic acids is 1. The lowest BCUT2D eigenvalue weighted by atomic mass is 10.0. The number of aromatic amines is 1. The number of nitrogens with zero attached hydrogens (tertiary/aromatic N) is 2. The van der Waals surface area contributed by atoms with E-state index in [4.69, 9.17) is 0 Å². The zero-order valence-electron chi connectivity index (χ0n) is 11.4. The Bertz CT molecular complexity index is 399.